The van der Waals surface area contributed by atoms with Crippen LogP contribution in [0.2, 0.25) is 0 Å². The standard InChI is InChI=1S/C18H24O2/c1-4-9-15(2)16(3)10-8-13-20-18(19)14-17-11-6-5-7-12-17/h4-7,10-12,15H,1,8-9,13-14H2,2-3H3/b16-10+. The quantitative estimate of drug-likeness (QED) is 0.400. The number of carbonyl (C=O) groups is 1. The first-order valence-corrected chi connectivity index (χ1v) is 7.10. The highest BCUT2D eigenvalue weighted by atomic mass is 16.5. The Morgan fingerprint density at radius 1 is 1.35 bits per heavy atom. The molecule has 1 aromatic rings. The normalized spacial score (nSPS) is 12.8. The van der Waals surface area contributed by atoms with Crippen LogP contribution in [0.5, 0.6) is 0 Å². The van der Waals surface area contributed by atoms with Crippen LogP contribution in [0.4, 0.5) is 0 Å². The minimum Gasteiger partial charge on any atom is -0.465 e. The first-order chi connectivity index (χ1) is 9.63. The molecule has 2 nitrogen and oxygen atoms in total. The number of benzene rings is 1. The molecule has 0 aromatic heterocycles. The van der Waals surface area contributed by atoms with E-state index in [4.69, 9.17) is 4.74 Å². The molecule has 0 amide bonds. The zero-order valence-corrected chi connectivity index (χ0v) is 12.5. The van der Waals surface area contributed by atoms with Crippen LogP contribution in [-0.2, 0) is 16.0 Å². The second-order valence-corrected chi connectivity index (χ2v) is 5.05. The fourth-order valence-corrected chi connectivity index (χ4v) is 1.91. The molecule has 0 bridgehead atoms. The van der Waals surface area contributed by atoms with Gasteiger partial charge in [0.05, 0.1) is 13.0 Å². The van der Waals surface area contributed by atoms with Crippen molar-refractivity contribution < 1.29 is 9.53 Å². The molecule has 108 valence electrons. The fourth-order valence-electron chi connectivity index (χ4n) is 1.91. The Morgan fingerprint density at radius 2 is 2.05 bits per heavy atom. The molecule has 0 N–H and O–H groups in total. The van der Waals surface area contributed by atoms with Crippen molar-refractivity contribution in [1.82, 2.24) is 0 Å². The van der Waals surface area contributed by atoms with Gasteiger partial charge in [-0.3, -0.25) is 4.79 Å². The van der Waals surface area contributed by atoms with Crippen molar-refractivity contribution in [1.29, 1.82) is 0 Å². The molecular formula is C18H24O2. The van der Waals surface area contributed by atoms with E-state index in [9.17, 15) is 4.79 Å². The van der Waals surface area contributed by atoms with Crippen LogP contribution in [0.1, 0.15) is 32.3 Å². The number of rotatable bonds is 8. The SMILES string of the molecule is C=CCC(C)/C(C)=C/CCOC(=O)Cc1ccccc1. The molecule has 1 unspecified atom stereocenters. The summed E-state index contributed by atoms with van der Waals surface area (Å²) >= 11 is 0. The maximum atomic E-state index is 11.6. The number of ether oxygens (including phenoxy) is 1. The summed E-state index contributed by atoms with van der Waals surface area (Å²) in [6.45, 7) is 8.48. The van der Waals surface area contributed by atoms with Crippen molar-refractivity contribution in [3.63, 3.8) is 0 Å². The second kappa shape index (κ2) is 9.13. The van der Waals surface area contributed by atoms with Crippen LogP contribution in [0.25, 0.3) is 0 Å². The summed E-state index contributed by atoms with van der Waals surface area (Å²) in [4.78, 5) is 11.6. The predicted octanol–water partition coefficient (Wildman–Crippen LogP) is 4.32. The lowest BCUT2D eigenvalue weighted by molar-refractivity contribution is -0.142. The highest BCUT2D eigenvalue weighted by Crippen LogP contribution is 2.14. The van der Waals surface area contributed by atoms with Crippen molar-refractivity contribution in [2.24, 2.45) is 5.92 Å². The average molecular weight is 272 g/mol. The van der Waals surface area contributed by atoms with Gasteiger partial charge in [-0.25, -0.2) is 0 Å². The summed E-state index contributed by atoms with van der Waals surface area (Å²) in [6.07, 6.45) is 6.17. The molecule has 0 spiro atoms. The van der Waals surface area contributed by atoms with E-state index in [1.807, 2.05) is 36.4 Å². The van der Waals surface area contributed by atoms with E-state index in [-0.39, 0.29) is 5.97 Å². The molecule has 1 aromatic carbocycles. The smallest absolute Gasteiger partial charge is 0.310 e. The van der Waals surface area contributed by atoms with Crippen LogP contribution in [0, 0.1) is 5.92 Å². The zero-order valence-electron chi connectivity index (χ0n) is 12.5. The summed E-state index contributed by atoms with van der Waals surface area (Å²) in [5.41, 5.74) is 2.31. The van der Waals surface area contributed by atoms with Crippen LogP contribution in [0.3, 0.4) is 0 Å². The maximum absolute atomic E-state index is 11.6. The molecule has 0 fully saturated rings. The van der Waals surface area contributed by atoms with E-state index in [0.29, 0.717) is 18.9 Å². The molecule has 1 atom stereocenters. The molecule has 1 rings (SSSR count). The van der Waals surface area contributed by atoms with Gasteiger partial charge >= 0.3 is 5.97 Å². The predicted molar refractivity (Wildman–Crippen MR) is 83.5 cm³/mol. The number of hydrogen-bond donors (Lipinski definition) is 0. The van der Waals surface area contributed by atoms with Crippen molar-refractivity contribution in [3.05, 3.63) is 60.2 Å². The van der Waals surface area contributed by atoms with Gasteiger partial charge < -0.3 is 4.74 Å². The largest absolute Gasteiger partial charge is 0.465 e. The summed E-state index contributed by atoms with van der Waals surface area (Å²) in [5.74, 6) is 0.342. The first kappa shape index (κ1) is 16.2. The summed E-state index contributed by atoms with van der Waals surface area (Å²) in [7, 11) is 0. The molecule has 0 heterocycles. The summed E-state index contributed by atoms with van der Waals surface area (Å²) in [5, 5.41) is 0. The third kappa shape index (κ3) is 6.37. The van der Waals surface area contributed by atoms with E-state index in [1.165, 1.54) is 5.57 Å². The number of allylic oxidation sites excluding steroid dienone is 2. The minimum absolute atomic E-state index is 0.165. The number of esters is 1. The third-order valence-electron chi connectivity index (χ3n) is 3.34. The van der Waals surface area contributed by atoms with Gasteiger partial charge in [0.2, 0.25) is 0 Å². The monoisotopic (exact) mass is 272 g/mol. The Kier molecular flexibility index (Phi) is 7.41. The van der Waals surface area contributed by atoms with Gasteiger partial charge in [-0.2, -0.15) is 0 Å². The summed E-state index contributed by atoms with van der Waals surface area (Å²) < 4.78 is 5.23. The van der Waals surface area contributed by atoms with E-state index in [2.05, 4.69) is 26.5 Å². The fraction of sp³-hybridized carbons (Fsp3) is 0.389. The zero-order chi connectivity index (χ0) is 14.8. The van der Waals surface area contributed by atoms with E-state index < -0.39 is 0 Å². The summed E-state index contributed by atoms with van der Waals surface area (Å²) in [6, 6.07) is 9.66. The van der Waals surface area contributed by atoms with Crippen LogP contribution in [-0.4, -0.2) is 12.6 Å². The molecule has 0 saturated carbocycles. The van der Waals surface area contributed by atoms with Gasteiger partial charge in [0.25, 0.3) is 0 Å². The van der Waals surface area contributed by atoms with E-state index in [1.54, 1.807) is 0 Å². The molecule has 0 aliphatic rings. The van der Waals surface area contributed by atoms with Gasteiger partial charge in [-0.05, 0) is 31.2 Å². The molecule has 0 saturated heterocycles. The molecule has 0 aliphatic heterocycles. The first-order valence-electron chi connectivity index (χ1n) is 7.10. The highest BCUT2D eigenvalue weighted by Gasteiger charge is 2.04. The molecule has 20 heavy (non-hydrogen) atoms. The average Bonchev–Trinajstić information content (AvgIpc) is 2.44. The van der Waals surface area contributed by atoms with E-state index in [0.717, 1.165) is 18.4 Å². The third-order valence-corrected chi connectivity index (χ3v) is 3.34. The van der Waals surface area contributed by atoms with Crippen molar-refractivity contribution in [3.8, 4) is 0 Å². The second-order valence-electron chi connectivity index (χ2n) is 5.05. The van der Waals surface area contributed by atoms with Gasteiger partial charge in [-0.1, -0.05) is 55.0 Å². The van der Waals surface area contributed by atoms with Gasteiger partial charge in [0.15, 0.2) is 0 Å². The van der Waals surface area contributed by atoms with E-state index >= 15 is 0 Å². The van der Waals surface area contributed by atoms with Gasteiger partial charge in [0.1, 0.15) is 0 Å². The molecular weight excluding hydrogens is 248 g/mol. The van der Waals surface area contributed by atoms with Gasteiger partial charge in [-0.15, -0.1) is 6.58 Å². The van der Waals surface area contributed by atoms with Crippen LogP contribution < -0.4 is 0 Å². The van der Waals surface area contributed by atoms with Crippen LogP contribution in [0.15, 0.2) is 54.6 Å². The van der Waals surface area contributed by atoms with Crippen LogP contribution >= 0.6 is 0 Å². The van der Waals surface area contributed by atoms with Crippen molar-refractivity contribution in [2.75, 3.05) is 6.61 Å². The lowest BCUT2D eigenvalue weighted by Crippen LogP contribution is -2.08. The Balaban J connectivity index is 2.25. The minimum atomic E-state index is -0.165. The number of carbonyl (C=O) groups excluding carboxylic acids is 1. The maximum Gasteiger partial charge on any atom is 0.310 e. The molecule has 0 aliphatic carbocycles. The van der Waals surface area contributed by atoms with Crippen molar-refractivity contribution >= 4 is 5.97 Å². The Labute approximate surface area is 122 Å². The van der Waals surface area contributed by atoms with Gasteiger partial charge in [0, 0.05) is 0 Å². The lowest BCUT2D eigenvalue weighted by atomic mass is 9.98. The highest BCUT2D eigenvalue weighted by molar-refractivity contribution is 5.72. The lowest BCUT2D eigenvalue weighted by Gasteiger charge is -2.09. The Bertz CT molecular complexity index is 446. The Morgan fingerprint density at radius 3 is 2.70 bits per heavy atom. The molecule has 0 radical (unpaired) electrons. The topological polar surface area (TPSA) is 26.3 Å². The van der Waals surface area contributed by atoms with Crippen molar-refractivity contribution in [2.45, 2.75) is 33.1 Å². The number of hydrogen-bond acceptors (Lipinski definition) is 2. The molecule has 2 heteroatoms. The Hall–Kier alpha value is -1.83.